The molecule has 216 valence electrons. The standard InChI is InChI=1S/C27H49NO9/c1-11-12-14-33-21-13-15-32-17-20(23(29)35-19(4)22(21)34-16-18(2)3)28(24(30)36-26(5,6)7)25(31)37-27(8,9)10/h18-22H,11-17H2,1-10H3/t19-,20-,21-,22-/m0/s1. The number of cyclic esters (lactones) is 1. The Bertz CT molecular complexity index is 698. The van der Waals surface area contributed by atoms with Crippen molar-refractivity contribution < 1.29 is 42.8 Å². The lowest BCUT2D eigenvalue weighted by atomic mass is 10.0. The van der Waals surface area contributed by atoms with Gasteiger partial charge in [0.1, 0.15) is 23.4 Å². The van der Waals surface area contributed by atoms with Crippen LogP contribution in [0, 0.1) is 5.92 Å². The molecule has 2 amide bonds. The minimum Gasteiger partial charge on any atom is -0.458 e. The Morgan fingerprint density at radius 2 is 1.59 bits per heavy atom. The highest BCUT2D eigenvalue weighted by Crippen LogP contribution is 2.23. The van der Waals surface area contributed by atoms with Crippen molar-refractivity contribution in [1.82, 2.24) is 4.90 Å². The molecular weight excluding hydrogens is 482 g/mol. The molecule has 0 saturated carbocycles. The zero-order valence-corrected chi connectivity index (χ0v) is 24.5. The van der Waals surface area contributed by atoms with Crippen LogP contribution >= 0.6 is 0 Å². The zero-order valence-electron chi connectivity index (χ0n) is 24.5. The number of ether oxygens (including phenoxy) is 6. The number of imide groups is 1. The monoisotopic (exact) mass is 531 g/mol. The van der Waals surface area contributed by atoms with E-state index in [4.69, 9.17) is 28.4 Å². The van der Waals surface area contributed by atoms with Gasteiger partial charge in [0.15, 0.2) is 6.04 Å². The zero-order chi connectivity index (χ0) is 28.4. The molecule has 0 aliphatic carbocycles. The Labute approximate surface area is 222 Å². The van der Waals surface area contributed by atoms with Crippen LogP contribution in [0.25, 0.3) is 0 Å². The Kier molecular flexibility index (Phi) is 13.3. The van der Waals surface area contributed by atoms with Crippen LogP contribution < -0.4 is 0 Å². The second kappa shape index (κ2) is 14.9. The normalized spacial score (nSPS) is 23.8. The fraction of sp³-hybridized carbons (Fsp3) is 0.889. The highest BCUT2D eigenvalue weighted by Gasteiger charge is 2.43. The van der Waals surface area contributed by atoms with Crippen molar-refractivity contribution in [2.24, 2.45) is 5.92 Å². The first kappa shape index (κ1) is 33.1. The van der Waals surface area contributed by atoms with E-state index in [-0.39, 0.29) is 25.2 Å². The highest BCUT2D eigenvalue weighted by atomic mass is 16.6. The molecule has 0 N–H and O–H groups in total. The number of unbranched alkanes of at least 4 members (excludes halogenated alkanes) is 1. The summed E-state index contributed by atoms with van der Waals surface area (Å²) >= 11 is 0. The van der Waals surface area contributed by atoms with Gasteiger partial charge in [-0.05, 0) is 67.2 Å². The summed E-state index contributed by atoms with van der Waals surface area (Å²) in [5, 5.41) is 0. The summed E-state index contributed by atoms with van der Waals surface area (Å²) < 4.78 is 34.7. The van der Waals surface area contributed by atoms with E-state index in [1.807, 2.05) is 13.8 Å². The van der Waals surface area contributed by atoms with E-state index in [0.29, 0.717) is 24.5 Å². The first-order valence-corrected chi connectivity index (χ1v) is 13.3. The van der Waals surface area contributed by atoms with Crippen LogP contribution in [0.2, 0.25) is 0 Å². The Balaban J connectivity index is 3.28. The number of hydrogen-bond donors (Lipinski definition) is 0. The van der Waals surface area contributed by atoms with Gasteiger partial charge in [0.05, 0.1) is 12.7 Å². The number of esters is 1. The number of rotatable bonds is 8. The van der Waals surface area contributed by atoms with Gasteiger partial charge >= 0.3 is 18.2 Å². The van der Waals surface area contributed by atoms with Crippen LogP contribution in [0.4, 0.5) is 9.59 Å². The molecule has 1 heterocycles. The Morgan fingerprint density at radius 3 is 2.08 bits per heavy atom. The topological polar surface area (TPSA) is 110 Å². The molecule has 1 aliphatic rings. The van der Waals surface area contributed by atoms with Crippen molar-refractivity contribution in [2.75, 3.05) is 26.4 Å². The maximum atomic E-state index is 13.4. The number of hydrogen-bond acceptors (Lipinski definition) is 9. The van der Waals surface area contributed by atoms with Gasteiger partial charge in [-0.2, -0.15) is 4.90 Å². The molecule has 1 rings (SSSR count). The van der Waals surface area contributed by atoms with Gasteiger partial charge in [-0.3, -0.25) is 0 Å². The minimum atomic E-state index is -1.41. The van der Waals surface area contributed by atoms with Gasteiger partial charge in [0.2, 0.25) is 0 Å². The lowest BCUT2D eigenvalue weighted by molar-refractivity contribution is -0.180. The van der Waals surface area contributed by atoms with E-state index in [2.05, 4.69) is 6.92 Å². The van der Waals surface area contributed by atoms with Crippen LogP contribution in [0.5, 0.6) is 0 Å². The largest absolute Gasteiger partial charge is 0.458 e. The first-order valence-electron chi connectivity index (χ1n) is 13.3. The summed E-state index contributed by atoms with van der Waals surface area (Å²) in [7, 11) is 0. The highest BCUT2D eigenvalue weighted by molar-refractivity contribution is 5.94. The molecule has 0 bridgehead atoms. The van der Waals surface area contributed by atoms with Crippen molar-refractivity contribution in [3.05, 3.63) is 0 Å². The molecular formula is C27H49NO9. The van der Waals surface area contributed by atoms with E-state index in [1.165, 1.54) is 0 Å². The predicted molar refractivity (Wildman–Crippen MR) is 138 cm³/mol. The van der Waals surface area contributed by atoms with Gasteiger partial charge in [0, 0.05) is 19.8 Å². The van der Waals surface area contributed by atoms with Gasteiger partial charge in [-0.25, -0.2) is 14.4 Å². The van der Waals surface area contributed by atoms with Gasteiger partial charge < -0.3 is 28.4 Å². The van der Waals surface area contributed by atoms with Gasteiger partial charge in [-0.15, -0.1) is 0 Å². The van der Waals surface area contributed by atoms with Crippen molar-refractivity contribution in [3.8, 4) is 0 Å². The number of carbonyl (C=O) groups is 3. The van der Waals surface area contributed by atoms with Crippen LogP contribution in [0.1, 0.15) is 88.5 Å². The molecule has 1 saturated heterocycles. The molecule has 0 unspecified atom stereocenters. The Morgan fingerprint density at radius 1 is 1.03 bits per heavy atom. The molecule has 0 spiro atoms. The van der Waals surface area contributed by atoms with Crippen LogP contribution in [0.15, 0.2) is 0 Å². The third-order valence-electron chi connectivity index (χ3n) is 5.17. The van der Waals surface area contributed by atoms with Crippen molar-refractivity contribution >= 4 is 18.2 Å². The van der Waals surface area contributed by atoms with Crippen molar-refractivity contribution in [1.29, 1.82) is 0 Å². The van der Waals surface area contributed by atoms with Crippen molar-refractivity contribution in [3.63, 3.8) is 0 Å². The summed E-state index contributed by atoms with van der Waals surface area (Å²) in [6.45, 7) is 18.8. The van der Waals surface area contributed by atoms with Crippen LogP contribution in [-0.4, -0.2) is 85.0 Å². The first-order chi connectivity index (χ1) is 17.1. The molecule has 1 fully saturated rings. The van der Waals surface area contributed by atoms with E-state index >= 15 is 0 Å². The molecule has 0 aromatic heterocycles. The van der Waals surface area contributed by atoms with E-state index in [0.717, 1.165) is 12.8 Å². The molecule has 10 nitrogen and oxygen atoms in total. The average molecular weight is 532 g/mol. The average Bonchev–Trinajstić information content (AvgIpc) is 2.71. The summed E-state index contributed by atoms with van der Waals surface area (Å²) in [5.74, 6) is -0.565. The Hall–Kier alpha value is -1.91. The van der Waals surface area contributed by atoms with E-state index in [9.17, 15) is 14.4 Å². The second-order valence-electron chi connectivity index (χ2n) is 11.8. The maximum absolute atomic E-state index is 13.4. The predicted octanol–water partition coefficient (Wildman–Crippen LogP) is 5.11. The molecule has 1 aliphatic heterocycles. The van der Waals surface area contributed by atoms with Crippen LogP contribution in [0.3, 0.4) is 0 Å². The van der Waals surface area contributed by atoms with Crippen molar-refractivity contribution in [2.45, 2.75) is 124 Å². The lowest BCUT2D eigenvalue weighted by Crippen LogP contribution is -2.56. The van der Waals surface area contributed by atoms with Gasteiger partial charge in [0.25, 0.3) is 0 Å². The molecule has 0 aromatic carbocycles. The summed E-state index contributed by atoms with van der Waals surface area (Å²) in [6.07, 6.45) is -1.29. The number of carbonyl (C=O) groups excluding carboxylic acids is 3. The molecule has 4 atom stereocenters. The molecule has 0 aromatic rings. The van der Waals surface area contributed by atoms with Crippen LogP contribution in [-0.2, 0) is 33.2 Å². The SMILES string of the molecule is CCCCO[C@H]1CCOC[C@H](N(C(=O)OC(C)(C)C)C(=O)OC(C)(C)C)C(=O)O[C@@H](C)[C@@H]1OCC(C)C. The van der Waals surface area contributed by atoms with E-state index in [1.54, 1.807) is 48.5 Å². The minimum absolute atomic E-state index is 0.227. The number of nitrogens with zero attached hydrogens (tertiary/aromatic N) is 1. The molecule has 0 radical (unpaired) electrons. The second-order valence-corrected chi connectivity index (χ2v) is 11.8. The third-order valence-corrected chi connectivity index (χ3v) is 5.17. The summed E-state index contributed by atoms with van der Waals surface area (Å²) in [6, 6.07) is -1.41. The smallest absolute Gasteiger partial charge is 0.420 e. The molecule has 37 heavy (non-hydrogen) atoms. The third kappa shape index (κ3) is 12.5. The van der Waals surface area contributed by atoms with Gasteiger partial charge in [-0.1, -0.05) is 27.2 Å². The lowest BCUT2D eigenvalue weighted by Gasteiger charge is -2.36. The number of amides is 2. The quantitative estimate of drug-likeness (QED) is 0.240. The molecule has 10 heteroatoms. The summed E-state index contributed by atoms with van der Waals surface area (Å²) in [4.78, 5) is 40.3. The fourth-order valence-electron chi connectivity index (χ4n) is 3.49. The fourth-order valence-corrected chi connectivity index (χ4v) is 3.49. The summed E-state index contributed by atoms with van der Waals surface area (Å²) in [5.41, 5.74) is -1.82. The van der Waals surface area contributed by atoms with E-state index < -0.39 is 47.6 Å². The maximum Gasteiger partial charge on any atom is 0.420 e.